The molecule has 1 atom stereocenters. The molecule has 0 aromatic carbocycles. The number of quaternary nitrogens is 1. The largest absolute Gasteiger partial charge is 0.538 e. The zero-order valence-corrected chi connectivity index (χ0v) is 4.95. The number of hydrogen-bond acceptors (Lipinski definition) is 2. The van der Waals surface area contributed by atoms with Crippen molar-refractivity contribution in [3.8, 4) is 0 Å². The zero-order valence-electron chi connectivity index (χ0n) is 4.95. The van der Waals surface area contributed by atoms with E-state index in [1.165, 1.54) is 6.20 Å². The monoisotopic (exact) mass is 129 g/mol. The van der Waals surface area contributed by atoms with Gasteiger partial charge in [-0.05, 0) is 6.08 Å². The third kappa shape index (κ3) is 0.940. The number of carbonyl (C=O) groups is 1. The third-order valence-electron chi connectivity index (χ3n) is 1.39. The fourth-order valence-corrected chi connectivity index (χ4v) is 0.785. The van der Waals surface area contributed by atoms with Crippen molar-refractivity contribution in [3.63, 3.8) is 0 Å². The van der Waals surface area contributed by atoms with Crippen molar-refractivity contribution in [2.45, 2.75) is 6.42 Å². The Kier molecular flexibility index (Phi) is 1.27. The summed E-state index contributed by atoms with van der Waals surface area (Å²) in [6.07, 6.45) is 3.02. The van der Waals surface area contributed by atoms with Gasteiger partial charge in [0.25, 0.3) is 0 Å². The molecule has 1 rings (SSSR count). The lowest BCUT2D eigenvalue weighted by Crippen LogP contribution is -2.52. The van der Waals surface area contributed by atoms with Crippen molar-refractivity contribution < 1.29 is 14.5 Å². The van der Waals surface area contributed by atoms with E-state index in [-0.39, 0.29) is 0 Å². The summed E-state index contributed by atoms with van der Waals surface area (Å²) in [5.74, 6) is 5.35. The van der Waals surface area contributed by atoms with Gasteiger partial charge in [-0.3, -0.25) is 0 Å². The molecular formula is C5H9N2O2+. The van der Waals surface area contributed by atoms with Gasteiger partial charge in [0.15, 0.2) is 0 Å². The van der Waals surface area contributed by atoms with Gasteiger partial charge in [0.1, 0.15) is 12.7 Å². The molecule has 1 aliphatic rings. The first kappa shape index (κ1) is 6.25. The molecule has 0 aromatic heterocycles. The second-order valence-electron chi connectivity index (χ2n) is 2.11. The molecular weight excluding hydrogens is 120 g/mol. The van der Waals surface area contributed by atoms with Crippen LogP contribution < -0.4 is 5.84 Å². The van der Waals surface area contributed by atoms with Crippen molar-refractivity contribution in [3.05, 3.63) is 12.3 Å². The highest BCUT2D eigenvalue weighted by Gasteiger charge is 2.33. The highest BCUT2D eigenvalue weighted by Crippen LogP contribution is 2.10. The van der Waals surface area contributed by atoms with Crippen molar-refractivity contribution in [1.82, 2.24) is 0 Å². The molecule has 0 radical (unpaired) electrons. The minimum atomic E-state index is -0.997. The maximum atomic E-state index is 10.3. The molecule has 0 saturated heterocycles. The number of hydrogen-bond donors (Lipinski definition) is 2. The fourth-order valence-electron chi connectivity index (χ4n) is 0.785. The molecule has 0 aliphatic carbocycles. The first-order chi connectivity index (χ1) is 4.15. The summed E-state index contributed by atoms with van der Waals surface area (Å²) >= 11 is 0. The maximum Gasteiger partial charge on any atom is 0.538 e. The summed E-state index contributed by atoms with van der Waals surface area (Å²) in [5.41, 5.74) is 0. The van der Waals surface area contributed by atoms with Crippen LogP contribution in [-0.2, 0) is 0 Å². The van der Waals surface area contributed by atoms with Gasteiger partial charge in [-0.25, -0.2) is 0 Å². The predicted octanol–water partition coefficient (Wildman–Crippen LogP) is 0.272. The molecule has 1 aliphatic heterocycles. The van der Waals surface area contributed by atoms with Crippen LogP contribution in [0.15, 0.2) is 12.3 Å². The molecule has 0 bridgehead atoms. The lowest BCUT2D eigenvalue weighted by Gasteiger charge is -2.15. The molecule has 1 amide bonds. The summed E-state index contributed by atoms with van der Waals surface area (Å²) in [4.78, 5) is 10.3. The summed E-state index contributed by atoms with van der Waals surface area (Å²) in [6.45, 7) is 0.468. The Labute approximate surface area is 52.7 Å². The average molecular weight is 129 g/mol. The van der Waals surface area contributed by atoms with E-state index >= 15 is 0 Å². The Balaban J connectivity index is 2.74. The van der Waals surface area contributed by atoms with Crippen molar-refractivity contribution in [2.75, 3.05) is 6.54 Å². The van der Waals surface area contributed by atoms with Crippen molar-refractivity contribution >= 4 is 6.09 Å². The van der Waals surface area contributed by atoms with E-state index in [1.807, 2.05) is 0 Å². The summed E-state index contributed by atoms with van der Waals surface area (Å²) in [5, 5.41) is 8.47. The highest BCUT2D eigenvalue weighted by molar-refractivity contribution is 5.57. The topological polar surface area (TPSA) is 63.3 Å². The minimum absolute atomic E-state index is 0.458. The second-order valence-corrected chi connectivity index (χ2v) is 2.11. The van der Waals surface area contributed by atoms with Crippen LogP contribution in [0.5, 0.6) is 0 Å². The van der Waals surface area contributed by atoms with E-state index in [0.717, 1.165) is 6.42 Å². The van der Waals surface area contributed by atoms with Crippen LogP contribution in [0.1, 0.15) is 6.42 Å². The fraction of sp³-hybridized carbons (Fsp3) is 0.400. The molecule has 50 valence electrons. The molecule has 1 heterocycles. The summed E-state index contributed by atoms with van der Waals surface area (Å²) < 4.78 is -0.458. The Morgan fingerprint density at radius 2 is 2.44 bits per heavy atom. The van der Waals surface area contributed by atoms with E-state index in [4.69, 9.17) is 10.9 Å². The first-order valence-corrected chi connectivity index (χ1v) is 2.73. The molecule has 9 heavy (non-hydrogen) atoms. The minimum Gasteiger partial charge on any atom is -0.434 e. The lowest BCUT2D eigenvalue weighted by atomic mass is 10.5. The quantitative estimate of drug-likeness (QED) is 0.280. The van der Waals surface area contributed by atoms with Crippen LogP contribution in [0.2, 0.25) is 0 Å². The van der Waals surface area contributed by atoms with E-state index in [1.54, 1.807) is 6.08 Å². The smallest absolute Gasteiger partial charge is 0.434 e. The molecule has 0 spiro atoms. The van der Waals surface area contributed by atoms with Crippen LogP contribution in [0.3, 0.4) is 0 Å². The number of nitrogens with two attached hydrogens (primary N) is 1. The van der Waals surface area contributed by atoms with Gasteiger partial charge in [-0.15, -0.1) is 4.59 Å². The maximum absolute atomic E-state index is 10.3. The first-order valence-electron chi connectivity index (χ1n) is 2.73. The Bertz CT molecular complexity index is 166. The molecule has 0 saturated carbocycles. The third-order valence-corrected chi connectivity index (χ3v) is 1.39. The van der Waals surface area contributed by atoms with Crippen LogP contribution in [0.25, 0.3) is 0 Å². The predicted molar refractivity (Wildman–Crippen MR) is 31.1 cm³/mol. The van der Waals surface area contributed by atoms with Crippen LogP contribution in [0, 0.1) is 0 Å². The van der Waals surface area contributed by atoms with Gasteiger partial charge in [0.2, 0.25) is 0 Å². The van der Waals surface area contributed by atoms with E-state index in [2.05, 4.69) is 0 Å². The highest BCUT2D eigenvalue weighted by atomic mass is 16.4. The SMILES string of the molecule is N[N+]1(C(=O)O)C=CCC1. The summed E-state index contributed by atoms with van der Waals surface area (Å²) in [6, 6.07) is 0. The number of nitrogens with zero attached hydrogens (tertiary/aromatic N) is 1. The molecule has 1 unspecified atom stereocenters. The van der Waals surface area contributed by atoms with Crippen LogP contribution in [-0.4, -0.2) is 22.3 Å². The van der Waals surface area contributed by atoms with Gasteiger partial charge >= 0.3 is 6.09 Å². The summed E-state index contributed by atoms with van der Waals surface area (Å²) in [7, 11) is 0. The van der Waals surface area contributed by atoms with Crippen molar-refractivity contribution in [2.24, 2.45) is 5.84 Å². The molecule has 4 nitrogen and oxygen atoms in total. The lowest BCUT2D eigenvalue weighted by molar-refractivity contribution is -0.812. The zero-order chi connectivity index (χ0) is 6.91. The van der Waals surface area contributed by atoms with Gasteiger partial charge in [-0.1, -0.05) is 0 Å². The Morgan fingerprint density at radius 3 is 2.67 bits per heavy atom. The number of rotatable bonds is 0. The molecule has 4 heteroatoms. The van der Waals surface area contributed by atoms with Gasteiger partial charge in [0, 0.05) is 6.42 Å². The standard InChI is InChI=1S/C5H8N2O2/c6-7(5(8)9)3-1-2-4-7/h1,3H,2,4,6H2/p+1. The Morgan fingerprint density at radius 1 is 1.78 bits per heavy atom. The van der Waals surface area contributed by atoms with Crippen molar-refractivity contribution in [1.29, 1.82) is 0 Å². The average Bonchev–Trinajstić information content (AvgIpc) is 2.16. The van der Waals surface area contributed by atoms with Gasteiger partial charge in [-0.2, -0.15) is 10.6 Å². The van der Waals surface area contributed by atoms with E-state index in [9.17, 15) is 4.79 Å². The normalized spacial score (nSPS) is 33.0. The number of carboxylic acid groups (broad SMARTS) is 1. The Hall–Kier alpha value is -0.870. The molecule has 0 aromatic rings. The molecule has 3 N–H and O–H groups in total. The number of amides is 1. The molecule has 0 fully saturated rings. The van der Waals surface area contributed by atoms with Crippen LogP contribution in [0.4, 0.5) is 4.79 Å². The van der Waals surface area contributed by atoms with E-state index in [0.29, 0.717) is 6.54 Å². The van der Waals surface area contributed by atoms with Gasteiger partial charge < -0.3 is 5.11 Å². The van der Waals surface area contributed by atoms with E-state index < -0.39 is 10.7 Å². The second kappa shape index (κ2) is 1.82. The van der Waals surface area contributed by atoms with Crippen LogP contribution >= 0.6 is 0 Å². The van der Waals surface area contributed by atoms with Gasteiger partial charge in [0.05, 0.1) is 0 Å².